The molecule has 0 bridgehead atoms. The van der Waals surface area contributed by atoms with Gasteiger partial charge in [-0.2, -0.15) is 0 Å². The summed E-state index contributed by atoms with van der Waals surface area (Å²) in [5.74, 6) is 0. The molecule has 0 saturated heterocycles. The maximum absolute atomic E-state index is 6.25. The fourth-order valence-electron chi connectivity index (χ4n) is 0. The summed E-state index contributed by atoms with van der Waals surface area (Å²) in [5, 5.41) is 37.5. The average Bonchev–Trinajstić information content (AvgIpc) is 2.33. The van der Waals surface area contributed by atoms with E-state index in [1.54, 1.807) is 0 Å². The Kier molecular flexibility index (Phi) is 2230. The van der Waals surface area contributed by atoms with Gasteiger partial charge in [0, 0.05) is 22.4 Å². The minimum absolute atomic E-state index is 0. The Bertz CT molecular complexity index is 97.3. The van der Waals surface area contributed by atoms with Crippen LogP contribution in [0.1, 0.15) is 0 Å². The van der Waals surface area contributed by atoms with Crippen molar-refractivity contribution in [3.05, 3.63) is 39.4 Å². The molecule has 0 amide bonds. The molecule has 6 nitrogen and oxygen atoms in total. The quantitative estimate of drug-likeness (QED) is 0.471. The van der Waals surface area contributed by atoms with Crippen molar-refractivity contribution in [1.29, 1.82) is 31.6 Å². The summed E-state index contributed by atoms with van der Waals surface area (Å²) in [7, 11) is 0. The Hall–Kier alpha value is -1.80. The molecule has 1 radical (unpaired) electrons. The van der Waals surface area contributed by atoms with E-state index in [1.165, 1.54) is 0 Å². The molecule has 0 atom stereocenters. The smallest absolute Gasteiger partial charge is 0.512 e. The Morgan fingerprint density at radius 3 is 0.357 bits per heavy atom. The normalized spacial score (nSPS) is 0.857. The van der Waals surface area contributed by atoms with Gasteiger partial charge in [-0.1, -0.05) is 0 Å². The summed E-state index contributed by atoms with van der Waals surface area (Å²) >= 11 is 0. The standard InChI is InChI=1S/6CN.Ag.Fe/c6*1-2;;/q6*-1;;+4. The third-order valence-electron chi connectivity index (χ3n) is 0. The minimum Gasteiger partial charge on any atom is -0.512 e. The zero-order valence-corrected chi connectivity index (χ0v) is 8.92. The van der Waals surface area contributed by atoms with Crippen LogP contribution in [0.5, 0.6) is 0 Å². The molecule has 0 heterocycles. The van der Waals surface area contributed by atoms with E-state index in [1.807, 2.05) is 0 Å². The van der Waals surface area contributed by atoms with E-state index < -0.39 is 0 Å². The van der Waals surface area contributed by atoms with Gasteiger partial charge in [-0.25, -0.2) is 0 Å². The van der Waals surface area contributed by atoms with Gasteiger partial charge < -0.3 is 71.0 Å². The van der Waals surface area contributed by atoms with Gasteiger partial charge in [0.05, 0.1) is 0 Å². The summed E-state index contributed by atoms with van der Waals surface area (Å²) < 4.78 is 0. The van der Waals surface area contributed by atoms with Crippen molar-refractivity contribution in [2.24, 2.45) is 0 Å². The van der Waals surface area contributed by atoms with Crippen LogP contribution in [-0.4, -0.2) is 0 Å². The zero-order chi connectivity index (χ0) is 12.0. The molecule has 0 aromatic carbocycles. The monoisotopic (exact) mass is 319 g/mol. The number of hydrogen-bond donors (Lipinski definition) is 0. The van der Waals surface area contributed by atoms with Crippen molar-refractivity contribution >= 4 is 0 Å². The van der Waals surface area contributed by atoms with E-state index in [4.69, 9.17) is 71.0 Å². The van der Waals surface area contributed by atoms with Crippen molar-refractivity contribution in [1.82, 2.24) is 0 Å². The molecule has 0 unspecified atom stereocenters. The predicted molar refractivity (Wildman–Crippen MR) is 29.8 cm³/mol. The van der Waals surface area contributed by atoms with Gasteiger partial charge in [0.15, 0.2) is 0 Å². The molecule has 0 aliphatic carbocycles. The van der Waals surface area contributed by atoms with E-state index in [-0.39, 0.29) is 39.4 Å². The van der Waals surface area contributed by atoms with Crippen molar-refractivity contribution in [3.63, 3.8) is 0 Å². The Morgan fingerprint density at radius 2 is 0.357 bits per heavy atom. The topological polar surface area (TPSA) is 143 Å². The number of nitrogens with zero attached hydrogens (tertiary/aromatic N) is 6. The molecule has 0 spiro atoms. The van der Waals surface area contributed by atoms with Gasteiger partial charge in [0.25, 0.3) is 0 Å². The molecule has 0 rings (SSSR count). The largest absolute Gasteiger partial charge is 4.00 e. The summed E-state index contributed by atoms with van der Waals surface area (Å²) in [4.78, 5) is 0. The number of rotatable bonds is 0. The second-order valence-corrected chi connectivity index (χ2v) is 0. The Morgan fingerprint density at radius 1 is 0.357 bits per heavy atom. The van der Waals surface area contributed by atoms with Gasteiger partial charge in [0.1, 0.15) is 0 Å². The minimum atomic E-state index is 0. The van der Waals surface area contributed by atoms with E-state index in [0.717, 1.165) is 0 Å². The van der Waals surface area contributed by atoms with Crippen LogP contribution in [0.15, 0.2) is 0 Å². The van der Waals surface area contributed by atoms with Gasteiger partial charge in [-0.3, -0.25) is 0 Å². The molecule has 75 valence electrons. The first kappa shape index (κ1) is 86.8. The van der Waals surface area contributed by atoms with Crippen molar-refractivity contribution in [2.75, 3.05) is 0 Å². The van der Waals surface area contributed by atoms with Gasteiger partial charge in [-0.15, -0.1) is 0 Å². The summed E-state index contributed by atoms with van der Waals surface area (Å²) in [5.41, 5.74) is 0. The zero-order valence-electron chi connectivity index (χ0n) is 6.34. The Balaban J connectivity index is -0.00000000500. The molecule has 8 heteroatoms. The third kappa shape index (κ3) is 266. The molecule has 0 fully saturated rings. The molecule has 0 aliphatic heterocycles. The summed E-state index contributed by atoms with van der Waals surface area (Å²) in [6.07, 6.45) is 0. The molecule has 14 heavy (non-hydrogen) atoms. The first-order chi connectivity index (χ1) is 6.00. The average molecular weight is 320 g/mol. The van der Waals surface area contributed by atoms with Gasteiger partial charge in [-0.05, 0) is 0 Å². The van der Waals surface area contributed by atoms with Crippen molar-refractivity contribution in [2.45, 2.75) is 0 Å². The fourth-order valence-corrected chi connectivity index (χ4v) is 0. The SMILES string of the molecule is [Ag].[C-]#N.[C-]#N.[C-]#N.[C-]#N.[C-]#N.[C-]#N.[Fe+4]. The van der Waals surface area contributed by atoms with Crippen LogP contribution in [0.2, 0.25) is 0 Å². The van der Waals surface area contributed by atoms with Gasteiger partial charge >= 0.3 is 17.1 Å². The van der Waals surface area contributed by atoms with Crippen molar-refractivity contribution in [3.8, 4) is 0 Å². The fraction of sp³-hybridized carbons (Fsp3) is 0. The molecule has 0 aliphatic rings. The summed E-state index contributed by atoms with van der Waals surface area (Å²) in [6, 6.07) is 0. The first-order valence-electron chi connectivity index (χ1n) is 1.34. The molecule has 0 saturated carbocycles. The van der Waals surface area contributed by atoms with E-state index in [9.17, 15) is 0 Å². The van der Waals surface area contributed by atoms with Crippen LogP contribution in [0.4, 0.5) is 0 Å². The molecular formula is C6AgFeN6-2. The van der Waals surface area contributed by atoms with Crippen LogP contribution < -0.4 is 0 Å². The number of hydrogen-bond acceptors (Lipinski definition) is 6. The van der Waals surface area contributed by atoms with E-state index >= 15 is 0 Å². The molecule has 0 N–H and O–H groups in total. The van der Waals surface area contributed by atoms with Crippen LogP contribution >= 0.6 is 0 Å². The summed E-state index contributed by atoms with van der Waals surface area (Å²) in [6.45, 7) is 28.5. The van der Waals surface area contributed by atoms with Crippen LogP contribution in [-0.2, 0) is 39.4 Å². The maximum atomic E-state index is 6.25. The van der Waals surface area contributed by atoms with Crippen LogP contribution in [0.3, 0.4) is 0 Å². The second kappa shape index (κ2) is 360. The van der Waals surface area contributed by atoms with E-state index in [0.29, 0.717) is 0 Å². The maximum Gasteiger partial charge on any atom is 4.00 e. The van der Waals surface area contributed by atoms with Crippen LogP contribution in [0.25, 0.3) is 0 Å². The second-order valence-electron chi connectivity index (χ2n) is 0. The van der Waals surface area contributed by atoms with Crippen LogP contribution in [0, 0.1) is 71.0 Å². The first-order valence-corrected chi connectivity index (χ1v) is 1.34. The molecular weight excluding hydrogens is 320 g/mol. The van der Waals surface area contributed by atoms with E-state index in [2.05, 4.69) is 0 Å². The third-order valence-corrected chi connectivity index (χ3v) is 0. The Labute approximate surface area is 110 Å². The van der Waals surface area contributed by atoms with Gasteiger partial charge in [0.2, 0.25) is 0 Å². The molecule has 0 aromatic heterocycles. The van der Waals surface area contributed by atoms with Crippen molar-refractivity contribution < 1.29 is 39.4 Å². The predicted octanol–water partition coefficient (Wildman–Crippen LogP) is 0.573. The molecule has 0 aromatic rings.